The molecule has 3 aromatic rings. The third kappa shape index (κ3) is 3.16. The van der Waals surface area contributed by atoms with Gasteiger partial charge in [-0.1, -0.05) is 35.9 Å². The molecule has 0 spiro atoms. The molecule has 0 amide bonds. The molecule has 1 aromatic heterocycles. The van der Waals surface area contributed by atoms with E-state index in [1.54, 1.807) is 0 Å². The van der Waals surface area contributed by atoms with E-state index in [2.05, 4.69) is 34.6 Å². The van der Waals surface area contributed by atoms with Gasteiger partial charge in [0, 0.05) is 35.9 Å². The van der Waals surface area contributed by atoms with Gasteiger partial charge in [0.1, 0.15) is 0 Å². The third-order valence-electron chi connectivity index (χ3n) is 3.25. The number of aromatic nitrogens is 1. The van der Waals surface area contributed by atoms with Gasteiger partial charge in [-0.15, -0.1) is 0 Å². The van der Waals surface area contributed by atoms with Crippen molar-refractivity contribution in [2.45, 2.75) is 13.1 Å². The summed E-state index contributed by atoms with van der Waals surface area (Å²) in [6, 6.07) is 16.4. The predicted octanol–water partition coefficient (Wildman–Crippen LogP) is 4.18. The summed E-state index contributed by atoms with van der Waals surface area (Å²) in [6.07, 6.45) is 3.71. The fraction of sp³-hybridized carbons (Fsp3) is 0.118. The Labute approximate surface area is 123 Å². The van der Waals surface area contributed by atoms with Crippen molar-refractivity contribution < 1.29 is 0 Å². The van der Waals surface area contributed by atoms with E-state index in [0.717, 1.165) is 18.1 Å². The molecule has 3 rings (SSSR count). The van der Waals surface area contributed by atoms with E-state index in [-0.39, 0.29) is 0 Å². The largest absolute Gasteiger partial charge is 0.309 e. The van der Waals surface area contributed by atoms with E-state index < -0.39 is 0 Å². The lowest BCUT2D eigenvalue weighted by atomic mass is 10.1. The topological polar surface area (TPSA) is 24.9 Å². The Bertz CT molecular complexity index is 725. The zero-order valence-electron chi connectivity index (χ0n) is 11.0. The lowest BCUT2D eigenvalue weighted by molar-refractivity contribution is 0.694. The van der Waals surface area contributed by atoms with Gasteiger partial charge in [0.15, 0.2) is 0 Å². The van der Waals surface area contributed by atoms with Gasteiger partial charge in [-0.3, -0.25) is 4.98 Å². The number of nitrogens with zero attached hydrogens (tertiary/aromatic N) is 1. The highest BCUT2D eigenvalue weighted by molar-refractivity contribution is 6.30. The van der Waals surface area contributed by atoms with Crippen molar-refractivity contribution in [1.82, 2.24) is 10.3 Å². The standard InChI is InChI=1S/C17H15ClN2/c18-17-3-1-2-13(9-17)10-20-11-14-4-5-16-12-19-7-6-15(16)8-14/h1-9,12,20H,10-11H2. The molecule has 0 radical (unpaired) electrons. The Morgan fingerprint density at radius 3 is 2.60 bits per heavy atom. The van der Waals surface area contributed by atoms with E-state index in [1.807, 2.05) is 36.7 Å². The predicted molar refractivity (Wildman–Crippen MR) is 83.7 cm³/mol. The number of fused-ring (bicyclic) bond motifs is 1. The Hall–Kier alpha value is -1.90. The van der Waals surface area contributed by atoms with Crippen LogP contribution >= 0.6 is 11.6 Å². The van der Waals surface area contributed by atoms with Crippen LogP contribution in [0.25, 0.3) is 10.8 Å². The maximum absolute atomic E-state index is 5.97. The van der Waals surface area contributed by atoms with E-state index >= 15 is 0 Å². The van der Waals surface area contributed by atoms with Crippen LogP contribution in [-0.4, -0.2) is 4.98 Å². The SMILES string of the molecule is Clc1cccc(CNCc2ccc3cnccc3c2)c1. The van der Waals surface area contributed by atoms with Crippen LogP contribution in [0, 0.1) is 0 Å². The van der Waals surface area contributed by atoms with Crippen LogP contribution in [0.4, 0.5) is 0 Å². The molecule has 0 unspecified atom stereocenters. The molecule has 20 heavy (non-hydrogen) atoms. The summed E-state index contributed by atoms with van der Waals surface area (Å²) >= 11 is 5.97. The molecule has 0 atom stereocenters. The monoisotopic (exact) mass is 282 g/mol. The number of hydrogen-bond donors (Lipinski definition) is 1. The van der Waals surface area contributed by atoms with Crippen molar-refractivity contribution in [3.05, 3.63) is 77.1 Å². The number of pyridine rings is 1. The molecule has 100 valence electrons. The van der Waals surface area contributed by atoms with Gasteiger partial charge in [0.25, 0.3) is 0 Å². The highest BCUT2D eigenvalue weighted by Crippen LogP contribution is 2.15. The van der Waals surface area contributed by atoms with Crippen molar-refractivity contribution in [1.29, 1.82) is 0 Å². The average molecular weight is 283 g/mol. The minimum Gasteiger partial charge on any atom is -0.309 e. The molecule has 0 aliphatic carbocycles. The first-order valence-electron chi connectivity index (χ1n) is 6.59. The van der Waals surface area contributed by atoms with Gasteiger partial charge in [-0.2, -0.15) is 0 Å². The highest BCUT2D eigenvalue weighted by atomic mass is 35.5. The first-order valence-corrected chi connectivity index (χ1v) is 6.97. The molecular weight excluding hydrogens is 268 g/mol. The number of rotatable bonds is 4. The van der Waals surface area contributed by atoms with Crippen molar-refractivity contribution in [2.24, 2.45) is 0 Å². The maximum atomic E-state index is 5.97. The molecule has 0 saturated carbocycles. The van der Waals surface area contributed by atoms with Crippen LogP contribution in [0.5, 0.6) is 0 Å². The highest BCUT2D eigenvalue weighted by Gasteiger charge is 1.98. The fourth-order valence-corrected chi connectivity index (χ4v) is 2.45. The quantitative estimate of drug-likeness (QED) is 0.776. The smallest absolute Gasteiger partial charge is 0.0409 e. The van der Waals surface area contributed by atoms with Gasteiger partial charge >= 0.3 is 0 Å². The van der Waals surface area contributed by atoms with Crippen LogP contribution in [0.3, 0.4) is 0 Å². The summed E-state index contributed by atoms with van der Waals surface area (Å²) in [6.45, 7) is 1.65. The van der Waals surface area contributed by atoms with E-state index in [1.165, 1.54) is 21.9 Å². The molecule has 0 fully saturated rings. The second kappa shape index (κ2) is 6.04. The van der Waals surface area contributed by atoms with Gasteiger partial charge in [0.05, 0.1) is 0 Å². The number of halogens is 1. The molecule has 1 heterocycles. The van der Waals surface area contributed by atoms with Crippen LogP contribution in [0.1, 0.15) is 11.1 Å². The molecule has 2 aromatic carbocycles. The van der Waals surface area contributed by atoms with Crippen molar-refractivity contribution in [3.63, 3.8) is 0 Å². The molecule has 0 aliphatic rings. The molecule has 0 bridgehead atoms. The van der Waals surface area contributed by atoms with Crippen LogP contribution in [-0.2, 0) is 13.1 Å². The second-order valence-corrected chi connectivity index (χ2v) is 5.23. The van der Waals surface area contributed by atoms with Gasteiger partial charge in [-0.25, -0.2) is 0 Å². The van der Waals surface area contributed by atoms with Crippen LogP contribution in [0.2, 0.25) is 5.02 Å². The summed E-state index contributed by atoms with van der Waals surface area (Å²) in [5.74, 6) is 0. The van der Waals surface area contributed by atoms with Gasteiger partial charge < -0.3 is 5.32 Å². The average Bonchev–Trinajstić information content (AvgIpc) is 2.47. The second-order valence-electron chi connectivity index (χ2n) is 4.79. The summed E-state index contributed by atoms with van der Waals surface area (Å²) in [7, 11) is 0. The van der Waals surface area contributed by atoms with Crippen LogP contribution < -0.4 is 5.32 Å². The summed E-state index contributed by atoms with van der Waals surface area (Å²) < 4.78 is 0. The Morgan fingerprint density at radius 1 is 0.900 bits per heavy atom. The third-order valence-corrected chi connectivity index (χ3v) is 3.49. The number of benzene rings is 2. The molecule has 0 saturated heterocycles. The molecular formula is C17H15ClN2. The lowest BCUT2D eigenvalue weighted by Crippen LogP contribution is -2.12. The molecule has 1 N–H and O–H groups in total. The van der Waals surface area contributed by atoms with Crippen LogP contribution in [0.15, 0.2) is 60.9 Å². The van der Waals surface area contributed by atoms with Gasteiger partial charge in [0.2, 0.25) is 0 Å². The number of nitrogens with one attached hydrogen (secondary N) is 1. The van der Waals surface area contributed by atoms with Gasteiger partial charge in [-0.05, 0) is 40.8 Å². The van der Waals surface area contributed by atoms with E-state index in [4.69, 9.17) is 11.6 Å². The van der Waals surface area contributed by atoms with Crippen molar-refractivity contribution in [2.75, 3.05) is 0 Å². The first kappa shape index (κ1) is 13.1. The zero-order valence-corrected chi connectivity index (χ0v) is 11.8. The normalized spacial score (nSPS) is 10.8. The molecule has 0 aliphatic heterocycles. The van der Waals surface area contributed by atoms with Crippen molar-refractivity contribution >= 4 is 22.4 Å². The minimum absolute atomic E-state index is 0.780. The Morgan fingerprint density at radius 2 is 1.75 bits per heavy atom. The first-order chi connectivity index (χ1) is 9.81. The summed E-state index contributed by atoms with van der Waals surface area (Å²) in [4.78, 5) is 4.12. The van der Waals surface area contributed by atoms with Crippen molar-refractivity contribution in [3.8, 4) is 0 Å². The van der Waals surface area contributed by atoms with E-state index in [0.29, 0.717) is 0 Å². The Balaban J connectivity index is 1.65. The number of hydrogen-bond acceptors (Lipinski definition) is 2. The lowest BCUT2D eigenvalue weighted by Gasteiger charge is -2.07. The maximum Gasteiger partial charge on any atom is 0.0409 e. The summed E-state index contributed by atoms with van der Waals surface area (Å²) in [5.41, 5.74) is 2.47. The summed E-state index contributed by atoms with van der Waals surface area (Å²) in [5, 5.41) is 6.61. The molecule has 3 heteroatoms. The zero-order chi connectivity index (χ0) is 13.8. The fourth-order valence-electron chi connectivity index (χ4n) is 2.24. The molecule has 2 nitrogen and oxygen atoms in total. The van der Waals surface area contributed by atoms with E-state index in [9.17, 15) is 0 Å². The minimum atomic E-state index is 0.780. The Kier molecular flexibility index (Phi) is 3.95.